The van der Waals surface area contributed by atoms with Crippen LogP contribution in [0.15, 0.2) is 30.5 Å². The second-order valence-corrected chi connectivity index (χ2v) is 10.2. The van der Waals surface area contributed by atoms with Crippen molar-refractivity contribution in [2.24, 2.45) is 5.92 Å². The molecule has 2 saturated heterocycles. The van der Waals surface area contributed by atoms with Crippen molar-refractivity contribution in [3.05, 3.63) is 41.7 Å². The molecule has 0 saturated carbocycles. The Labute approximate surface area is 200 Å². The molecule has 0 N–H and O–H groups in total. The Balaban J connectivity index is 1.45. The van der Waals surface area contributed by atoms with Crippen molar-refractivity contribution in [3.63, 3.8) is 0 Å². The molecule has 178 valence electrons. The van der Waals surface area contributed by atoms with Gasteiger partial charge in [0.05, 0.1) is 11.7 Å². The number of amides is 1. The smallest absolute Gasteiger partial charge is 0.219 e. The van der Waals surface area contributed by atoms with Crippen LogP contribution in [0.1, 0.15) is 50.4 Å². The Morgan fingerprint density at radius 2 is 2.00 bits per heavy atom. The van der Waals surface area contributed by atoms with Crippen LogP contribution < -0.4 is 4.90 Å². The van der Waals surface area contributed by atoms with E-state index < -0.39 is 0 Å². The van der Waals surface area contributed by atoms with Crippen LogP contribution in [0.5, 0.6) is 0 Å². The van der Waals surface area contributed by atoms with E-state index in [9.17, 15) is 4.79 Å². The lowest BCUT2D eigenvalue weighted by molar-refractivity contribution is -0.129. The van der Waals surface area contributed by atoms with Crippen LogP contribution in [0.3, 0.4) is 0 Å². The Bertz CT molecular complexity index is 1230. The number of carbonyl (C=O) groups excluding carboxylic acids is 1. The van der Waals surface area contributed by atoms with Gasteiger partial charge in [0.2, 0.25) is 5.91 Å². The molecular weight excluding hydrogens is 426 g/mol. The number of nitrogens with zero attached hydrogens (tertiary/aromatic N) is 5. The molecule has 0 radical (unpaired) electrons. The van der Waals surface area contributed by atoms with Crippen molar-refractivity contribution < 1.29 is 9.53 Å². The minimum Gasteiger partial charge on any atom is -0.381 e. The fourth-order valence-corrected chi connectivity index (χ4v) is 5.85. The molecule has 0 bridgehead atoms. The van der Waals surface area contributed by atoms with Crippen molar-refractivity contribution in [1.29, 1.82) is 0 Å². The Hall–Kier alpha value is -2.93. The van der Waals surface area contributed by atoms with Gasteiger partial charge in [0.1, 0.15) is 5.82 Å². The number of fused-ring (bicyclic) bond motifs is 2. The summed E-state index contributed by atoms with van der Waals surface area (Å²) in [5, 5.41) is 7.54. The Kier molecular flexibility index (Phi) is 5.52. The first-order chi connectivity index (χ1) is 16.6. The lowest BCUT2D eigenvalue weighted by atomic mass is 9.97. The molecule has 6 rings (SSSR count). The Morgan fingerprint density at radius 1 is 1.15 bits per heavy atom. The minimum absolute atomic E-state index is 0.125. The van der Waals surface area contributed by atoms with Gasteiger partial charge in [-0.3, -0.25) is 9.48 Å². The van der Waals surface area contributed by atoms with Gasteiger partial charge < -0.3 is 14.5 Å². The summed E-state index contributed by atoms with van der Waals surface area (Å²) in [4.78, 5) is 21.4. The van der Waals surface area contributed by atoms with E-state index in [0.717, 1.165) is 74.6 Å². The molecule has 7 heteroatoms. The van der Waals surface area contributed by atoms with E-state index in [0.29, 0.717) is 18.5 Å². The summed E-state index contributed by atoms with van der Waals surface area (Å²) in [6, 6.07) is 9.04. The third kappa shape index (κ3) is 3.76. The van der Waals surface area contributed by atoms with E-state index >= 15 is 0 Å². The van der Waals surface area contributed by atoms with Gasteiger partial charge in [0, 0.05) is 81.1 Å². The van der Waals surface area contributed by atoms with Crippen molar-refractivity contribution >= 4 is 22.5 Å². The first-order valence-corrected chi connectivity index (χ1v) is 12.7. The maximum Gasteiger partial charge on any atom is 0.219 e. The number of carbonyl (C=O) groups is 1. The molecule has 0 aliphatic carbocycles. The van der Waals surface area contributed by atoms with Crippen LogP contribution in [0.4, 0.5) is 5.82 Å². The normalized spacial score (nSPS) is 21.3. The van der Waals surface area contributed by atoms with E-state index in [1.54, 1.807) is 6.92 Å². The van der Waals surface area contributed by atoms with Gasteiger partial charge in [-0.2, -0.15) is 5.10 Å². The predicted molar refractivity (Wildman–Crippen MR) is 133 cm³/mol. The zero-order valence-corrected chi connectivity index (χ0v) is 20.2. The lowest BCUT2D eigenvalue weighted by Crippen LogP contribution is -2.35. The number of ether oxygens (including phenoxy) is 1. The third-order valence-corrected chi connectivity index (χ3v) is 7.82. The molecule has 1 aromatic carbocycles. The summed E-state index contributed by atoms with van der Waals surface area (Å²) in [6.07, 6.45) is 6.06. The van der Waals surface area contributed by atoms with Gasteiger partial charge in [-0.1, -0.05) is 25.1 Å². The summed E-state index contributed by atoms with van der Waals surface area (Å²) < 4.78 is 7.88. The number of aromatic nitrogens is 3. The topological polar surface area (TPSA) is 63.5 Å². The minimum atomic E-state index is 0.125. The molecule has 2 aromatic heterocycles. The van der Waals surface area contributed by atoms with Crippen molar-refractivity contribution in [3.8, 4) is 11.3 Å². The number of benzene rings is 1. The van der Waals surface area contributed by atoms with Gasteiger partial charge in [0.15, 0.2) is 0 Å². The van der Waals surface area contributed by atoms with E-state index in [2.05, 4.69) is 40.8 Å². The van der Waals surface area contributed by atoms with E-state index in [4.69, 9.17) is 14.8 Å². The summed E-state index contributed by atoms with van der Waals surface area (Å²) in [7, 11) is 0. The summed E-state index contributed by atoms with van der Waals surface area (Å²) in [6.45, 7) is 9.06. The molecule has 1 atom stereocenters. The standard InChI is InChI=1S/C27H33N5O2/c1-18-6-10-31(16-18)26-14-20-4-3-5-22(23(20)15-28-26)27-24-17-30(19(2)33)11-7-25(24)32(29-27)21-8-12-34-13-9-21/h3-5,14-15,18,21H,6-13,16-17H2,1-2H3/t18-/m0/s1. The van der Waals surface area contributed by atoms with Crippen molar-refractivity contribution in [1.82, 2.24) is 19.7 Å². The third-order valence-electron chi connectivity index (χ3n) is 7.82. The zero-order valence-electron chi connectivity index (χ0n) is 20.2. The van der Waals surface area contributed by atoms with E-state index in [-0.39, 0.29) is 5.91 Å². The van der Waals surface area contributed by atoms with Crippen LogP contribution in [0.2, 0.25) is 0 Å². The number of pyridine rings is 1. The molecule has 3 aromatic rings. The Morgan fingerprint density at radius 3 is 2.76 bits per heavy atom. The highest BCUT2D eigenvalue weighted by atomic mass is 16.5. The van der Waals surface area contributed by atoms with E-state index in [1.165, 1.54) is 23.1 Å². The average Bonchev–Trinajstić information content (AvgIpc) is 3.47. The molecule has 2 fully saturated rings. The highest BCUT2D eigenvalue weighted by molar-refractivity contribution is 5.97. The first kappa shape index (κ1) is 21.6. The van der Waals surface area contributed by atoms with Gasteiger partial charge in [-0.25, -0.2) is 4.98 Å². The lowest BCUT2D eigenvalue weighted by Gasteiger charge is -2.29. The largest absolute Gasteiger partial charge is 0.381 e. The first-order valence-electron chi connectivity index (χ1n) is 12.7. The number of anilines is 1. The predicted octanol–water partition coefficient (Wildman–Crippen LogP) is 4.20. The van der Waals surface area contributed by atoms with Crippen LogP contribution in [-0.2, 0) is 22.5 Å². The molecule has 0 spiro atoms. The molecular formula is C27H33N5O2. The van der Waals surface area contributed by atoms with Crippen LogP contribution >= 0.6 is 0 Å². The average molecular weight is 460 g/mol. The highest BCUT2D eigenvalue weighted by Gasteiger charge is 2.30. The zero-order chi connectivity index (χ0) is 23.2. The summed E-state index contributed by atoms with van der Waals surface area (Å²) in [5.41, 5.74) is 4.59. The maximum absolute atomic E-state index is 12.2. The van der Waals surface area contributed by atoms with Crippen LogP contribution in [0, 0.1) is 5.92 Å². The van der Waals surface area contributed by atoms with Crippen molar-refractivity contribution in [2.45, 2.75) is 52.1 Å². The fraction of sp³-hybridized carbons (Fsp3) is 0.519. The second-order valence-electron chi connectivity index (χ2n) is 10.2. The number of hydrogen-bond donors (Lipinski definition) is 0. The monoisotopic (exact) mass is 459 g/mol. The van der Waals surface area contributed by atoms with Gasteiger partial charge >= 0.3 is 0 Å². The summed E-state index contributed by atoms with van der Waals surface area (Å²) >= 11 is 0. The molecule has 7 nitrogen and oxygen atoms in total. The quantitative estimate of drug-likeness (QED) is 0.587. The molecule has 1 amide bonds. The fourth-order valence-electron chi connectivity index (χ4n) is 5.85. The number of hydrogen-bond acceptors (Lipinski definition) is 5. The SMILES string of the molecule is CC(=O)N1CCc2c(c(-c3cccc4cc(N5CC[C@H](C)C5)ncc34)nn2C2CCOCC2)C1. The van der Waals surface area contributed by atoms with Gasteiger partial charge in [-0.15, -0.1) is 0 Å². The molecule has 0 unspecified atom stereocenters. The summed E-state index contributed by atoms with van der Waals surface area (Å²) in [5.74, 6) is 1.90. The number of rotatable bonds is 3. The van der Waals surface area contributed by atoms with Crippen molar-refractivity contribution in [2.75, 3.05) is 37.7 Å². The maximum atomic E-state index is 12.2. The second kappa shape index (κ2) is 8.69. The van der Waals surface area contributed by atoms with Crippen LogP contribution in [0.25, 0.3) is 22.0 Å². The molecule has 34 heavy (non-hydrogen) atoms. The van der Waals surface area contributed by atoms with E-state index in [1.807, 2.05) is 11.1 Å². The molecule has 5 heterocycles. The highest BCUT2D eigenvalue weighted by Crippen LogP contribution is 2.37. The van der Waals surface area contributed by atoms with Gasteiger partial charge in [0.25, 0.3) is 0 Å². The van der Waals surface area contributed by atoms with Gasteiger partial charge in [-0.05, 0) is 36.6 Å². The van der Waals surface area contributed by atoms with Crippen LogP contribution in [-0.4, -0.2) is 58.4 Å². The molecule has 3 aliphatic heterocycles. The molecule has 3 aliphatic rings.